The Morgan fingerprint density at radius 3 is 2.50 bits per heavy atom. The Kier molecular flexibility index (Phi) is 9.20. The molecule has 0 aromatic heterocycles. The third-order valence-corrected chi connectivity index (χ3v) is 6.85. The molecule has 8 heteroatoms. The lowest BCUT2D eigenvalue weighted by Crippen LogP contribution is -2.52. The standard InChI is InChI=1S/C20H31N5OS.HI/c1-20(9-6-14-27-20)16-23-19(21-2)22-15-18(26)25-12-10-24(11-13-25)17-7-4-3-5-8-17;/h3-5,7-8H,6,9-16H2,1-2H3,(H2,21,22,23);1H. The highest BCUT2D eigenvalue weighted by Gasteiger charge is 2.29. The fraction of sp³-hybridized carbons (Fsp3) is 0.600. The van der Waals surface area contributed by atoms with E-state index in [-0.39, 0.29) is 41.2 Å². The van der Waals surface area contributed by atoms with Crippen molar-refractivity contribution in [3.05, 3.63) is 30.3 Å². The minimum Gasteiger partial charge on any atom is -0.368 e. The third-order valence-electron chi connectivity index (χ3n) is 5.31. The van der Waals surface area contributed by atoms with Crippen molar-refractivity contribution in [2.75, 3.05) is 57.0 Å². The highest BCUT2D eigenvalue weighted by atomic mass is 127. The van der Waals surface area contributed by atoms with E-state index in [0.717, 1.165) is 32.7 Å². The average Bonchev–Trinajstić information content (AvgIpc) is 3.15. The zero-order valence-electron chi connectivity index (χ0n) is 16.8. The van der Waals surface area contributed by atoms with E-state index < -0.39 is 0 Å². The number of nitrogens with zero attached hydrogens (tertiary/aromatic N) is 3. The lowest BCUT2D eigenvalue weighted by molar-refractivity contribution is -0.130. The summed E-state index contributed by atoms with van der Waals surface area (Å²) in [5.74, 6) is 2.07. The molecule has 2 fully saturated rings. The van der Waals surface area contributed by atoms with Crippen LogP contribution in [-0.2, 0) is 4.79 Å². The molecule has 1 unspecified atom stereocenters. The van der Waals surface area contributed by atoms with Crippen LogP contribution in [0.25, 0.3) is 0 Å². The van der Waals surface area contributed by atoms with Gasteiger partial charge in [-0.25, -0.2) is 0 Å². The molecule has 2 saturated heterocycles. The topological polar surface area (TPSA) is 60.0 Å². The molecule has 0 saturated carbocycles. The van der Waals surface area contributed by atoms with Crippen LogP contribution in [0.1, 0.15) is 19.8 Å². The molecule has 156 valence electrons. The molecule has 6 nitrogen and oxygen atoms in total. The summed E-state index contributed by atoms with van der Waals surface area (Å²) in [6, 6.07) is 10.4. The van der Waals surface area contributed by atoms with Crippen molar-refractivity contribution in [1.29, 1.82) is 0 Å². The molecule has 0 spiro atoms. The van der Waals surface area contributed by atoms with E-state index >= 15 is 0 Å². The van der Waals surface area contributed by atoms with Crippen LogP contribution in [-0.4, -0.2) is 73.6 Å². The number of carbonyl (C=O) groups excluding carboxylic acids is 1. The van der Waals surface area contributed by atoms with Crippen molar-refractivity contribution in [1.82, 2.24) is 15.5 Å². The minimum absolute atomic E-state index is 0. The molecule has 2 heterocycles. The number of hydrogen-bond donors (Lipinski definition) is 2. The van der Waals surface area contributed by atoms with Crippen LogP contribution in [0, 0.1) is 0 Å². The smallest absolute Gasteiger partial charge is 0.242 e. The van der Waals surface area contributed by atoms with Crippen molar-refractivity contribution < 1.29 is 4.79 Å². The second-order valence-electron chi connectivity index (χ2n) is 7.38. The molecule has 1 aromatic carbocycles. The molecule has 0 bridgehead atoms. The second kappa shape index (κ2) is 11.1. The maximum atomic E-state index is 12.5. The molecular formula is C20H32IN5OS. The highest BCUT2D eigenvalue weighted by Crippen LogP contribution is 2.36. The van der Waals surface area contributed by atoms with Crippen LogP contribution < -0.4 is 15.5 Å². The van der Waals surface area contributed by atoms with Gasteiger partial charge in [0, 0.05) is 50.2 Å². The van der Waals surface area contributed by atoms with Gasteiger partial charge in [0.05, 0.1) is 6.54 Å². The number of piperazine rings is 1. The lowest BCUT2D eigenvalue weighted by Gasteiger charge is -2.36. The SMILES string of the molecule is CN=C(NCC(=O)N1CCN(c2ccccc2)CC1)NCC1(C)CCCS1.I. The molecule has 1 amide bonds. The molecule has 1 aromatic rings. The van der Waals surface area contributed by atoms with Crippen molar-refractivity contribution in [3.8, 4) is 0 Å². The first-order valence-corrected chi connectivity index (χ1v) is 10.7. The molecule has 1 atom stereocenters. The zero-order valence-corrected chi connectivity index (χ0v) is 20.0. The van der Waals surface area contributed by atoms with Gasteiger partial charge in [-0.05, 0) is 37.7 Å². The number of para-hydroxylation sites is 1. The van der Waals surface area contributed by atoms with Gasteiger partial charge in [-0.1, -0.05) is 18.2 Å². The fourth-order valence-corrected chi connectivity index (χ4v) is 4.84. The van der Waals surface area contributed by atoms with E-state index in [1.54, 1.807) is 7.05 Å². The van der Waals surface area contributed by atoms with E-state index in [1.807, 2.05) is 22.7 Å². The van der Waals surface area contributed by atoms with E-state index in [4.69, 9.17) is 0 Å². The highest BCUT2D eigenvalue weighted by molar-refractivity contribution is 14.0. The average molecular weight is 517 g/mol. The number of carbonyl (C=O) groups is 1. The molecule has 2 aliphatic rings. The summed E-state index contributed by atoms with van der Waals surface area (Å²) >= 11 is 2.02. The first-order chi connectivity index (χ1) is 13.1. The van der Waals surface area contributed by atoms with Gasteiger partial charge in [0.2, 0.25) is 5.91 Å². The van der Waals surface area contributed by atoms with E-state index in [9.17, 15) is 4.79 Å². The van der Waals surface area contributed by atoms with Crippen molar-refractivity contribution in [2.45, 2.75) is 24.5 Å². The van der Waals surface area contributed by atoms with Gasteiger partial charge in [0.1, 0.15) is 0 Å². The number of thioether (sulfide) groups is 1. The number of benzene rings is 1. The zero-order chi connectivity index (χ0) is 19.1. The minimum atomic E-state index is 0. The predicted molar refractivity (Wildman–Crippen MR) is 130 cm³/mol. The molecule has 0 aliphatic carbocycles. The molecule has 2 aliphatic heterocycles. The number of aliphatic imine (C=N–C) groups is 1. The summed E-state index contributed by atoms with van der Waals surface area (Å²) < 4.78 is 0.273. The van der Waals surface area contributed by atoms with Crippen molar-refractivity contribution >= 4 is 53.3 Å². The van der Waals surface area contributed by atoms with Gasteiger partial charge >= 0.3 is 0 Å². The van der Waals surface area contributed by atoms with Gasteiger partial charge in [0.25, 0.3) is 0 Å². The summed E-state index contributed by atoms with van der Waals surface area (Å²) in [5.41, 5.74) is 1.23. The second-order valence-corrected chi connectivity index (χ2v) is 9.07. The Balaban J connectivity index is 0.00000280. The monoisotopic (exact) mass is 517 g/mol. The summed E-state index contributed by atoms with van der Waals surface area (Å²) in [4.78, 5) is 21.1. The number of amides is 1. The van der Waals surface area contributed by atoms with Crippen molar-refractivity contribution in [2.24, 2.45) is 4.99 Å². The van der Waals surface area contributed by atoms with E-state index in [1.165, 1.54) is 24.3 Å². The van der Waals surface area contributed by atoms with Gasteiger partial charge in [-0.3, -0.25) is 9.79 Å². The largest absolute Gasteiger partial charge is 0.368 e. The van der Waals surface area contributed by atoms with Crippen LogP contribution in [0.5, 0.6) is 0 Å². The number of rotatable bonds is 5. The Bertz CT molecular complexity index is 643. The molecule has 3 rings (SSSR count). The van der Waals surface area contributed by atoms with Gasteiger partial charge in [0.15, 0.2) is 5.96 Å². The summed E-state index contributed by atoms with van der Waals surface area (Å²) in [6.07, 6.45) is 2.51. The maximum Gasteiger partial charge on any atom is 0.242 e. The number of guanidine groups is 1. The van der Waals surface area contributed by atoms with Gasteiger partial charge in [-0.15, -0.1) is 24.0 Å². The Labute approximate surface area is 189 Å². The van der Waals surface area contributed by atoms with Crippen molar-refractivity contribution in [3.63, 3.8) is 0 Å². The number of halogens is 1. The maximum absolute atomic E-state index is 12.5. The Hall–Kier alpha value is -1.16. The van der Waals surface area contributed by atoms with E-state index in [0.29, 0.717) is 5.96 Å². The lowest BCUT2D eigenvalue weighted by atomic mass is 10.1. The first kappa shape index (κ1) is 23.1. The van der Waals surface area contributed by atoms with Crippen LogP contribution in [0.15, 0.2) is 35.3 Å². The molecule has 2 N–H and O–H groups in total. The first-order valence-electron chi connectivity index (χ1n) is 9.76. The molecule has 0 radical (unpaired) electrons. The Morgan fingerprint density at radius 1 is 1.18 bits per heavy atom. The van der Waals surface area contributed by atoms with Gasteiger partial charge < -0.3 is 20.4 Å². The number of anilines is 1. The predicted octanol–water partition coefficient (Wildman–Crippen LogP) is 2.40. The van der Waals surface area contributed by atoms with Crippen LogP contribution in [0.4, 0.5) is 5.69 Å². The van der Waals surface area contributed by atoms with Gasteiger partial charge in [-0.2, -0.15) is 11.8 Å². The molecular weight excluding hydrogens is 485 g/mol. The normalized spacial score (nSPS) is 22.6. The van der Waals surface area contributed by atoms with E-state index in [2.05, 4.69) is 51.7 Å². The third kappa shape index (κ3) is 6.43. The van der Waals surface area contributed by atoms with Crippen LogP contribution in [0.2, 0.25) is 0 Å². The number of hydrogen-bond acceptors (Lipinski definition) is 4. The fourth-order valence-electron chi connectivity index (χ4n) is 3.59. The van der Waals surface area contributed by atoms with Crippen LogP contribution >= 0.6 is 35.7 Å². The summed E-state index contributed by atoms with van der Waals surface area (Å²) in [7, 11) is 1.75. The quantitative estimate of drug-likeness (QED) is 0.357. The number of nitrogens with one attached hydrogen (secondary N) is 2. The molecule has 28 heavy (non-hydrogen) atoms. The van der Waals surface area contributed by atoms with Crippen LogP contribution in [0.3, 0.4) is 0 Å². The Morgan fingerprint density at radius 2 is 1.89 bits per heavy atom. The summed E-state index contributed by atoms with van der Waals surface area (Å²) in [6.45, 7) is 6.72. The summed E-state index contributed by atoms with van der Waals surface area (Å²) in [5, 5.41) is 6.55.